The number of urea groups is 1. The molecule has 2 aliphatic heterocycles. The minimum absolute atomic E-state index is 0.104. The molecule has 0 bridgehead atoms. The predicted molar refractivity (Wildman–Crippen MR) is 113 cm³/mol. The van der Waals surface area contributed by atoms with Crippen molar-refractivity contribution in [2.45, 2.75) is 6.54 Å². The number of amides is 2. The number of primary amides is 1. The molecule has 2 amide bonds. The van der Waals surface area contributed by atoms with Crippen molar-refractivity contribution in [3.63, 3.8) is 0 Å². The van der Waals surface area contributed by atoms with E-state index in [1.807, 2.05) is 6.07 Å². The second-order valence-electron chi connectivity index (χ2n) is 6.73. The summed E-state index contributed by atoms with van der Waals surface area (Å²) in [4.78, 5) is 21.2. The molecule has 31 heavy (non-hydrogen) atoms. The van der Waals surface area contributed by atoms with Crippen LogP contribution in [0.3, 0.4) is 0 Å². The molecule has 0 spiro atoms. The summed E-state index contributed by atoms with van der Waals surface area (Å²) >= 11 is 0. The summed E-state index contributed by atoms with van der Waals surface area (Å²) in [6, 6.07) is 6.13. The summed E-state index contributed by atoms with van der Waals surface area (Å²) < 4.78 is 4.80. The Balaban J connectivity index is 1.64. The molecule has 1 atom stereocenters. The maximum Gasteiger partial charge on any atom is 0.488 e. The Morgan fingerprint density at radius 1 is 1.29 bits per heavy atom. The lowest BCUT2D eigenvalue weighted by atomic mass is 9.80. The summed E-state index contributed by atoms with van der Waals surface area (Å²) in [6.07, 6.45) is 8.35. The van der Waals surface area contributed by atoms with Crippen molar-refractivity contribution in [1.82, 2.24) is 15.2 Å². The third-order valence-corrected chi connectivity index (χ3v) is 4.85. The average molecular weight is 420 g/mol. The molecule has 5 N–H and O–H groups in total. The molecule has 0 saturated carbocycles. The van der Waals surface area contributed by atoms with Crippen molar-refractivity contribution in [2.24, 2.45) is 10.7 Å². The molecule has 0 radical (unpaired) electrons. The van der Waals surface area contributed by atoms with Crippen LogP contribution < -0.4 is 21.3 Å². The highest BCUT2D eigenvalue weighted by Gasteiger charge is 2.49. The molecule has 1 aromatic carbocycles. The molecule has 1 aromatic heterocycles. The third kappa shape index (κ3) is 3.59. The summed E-state index contributed by atoms with van der Waals surface area (Å²) in [5, 5.41) is 29.9. The minimum atomic E-state index is -1.57. The molecule has 0 saturated heterocycles. The van der Waals surface area contributed by atoms with Gasteiger partial charge < -0.3 is 25.8 Å². The van der Waals surface area contributed by atoms with Gasteiger partial charge in [-0.3, -0.25) is 0 Å². The second kappa shape index (κ2) is 8.10. The molecule has 156 valence electrons. The summed E-state index contributed by atoms with van der Waals surface area (Å²) in [7, 11) is -0.133. The third-order valence-electron chi connectivity index (χ3n) is 4.85. The Labute approximate surface area is 177 Å². The molecular formula is C19H19BN7O4+. The van der Waals surface area contributed by atoms with Crippen LogP contribution in [0.4, 0.5) is 10.6 Å². The van der Waals surface area contributed by atoms with Crippen LogP contribution in [0.5, 0.6) is 5.88 Å². The topological polar surface area (TPSA) is 156 Å². The van der Waals surface area contributed by atoms with Gasteiger partial charge in [0.05, 0.1) is 13.3 Å². The van der Waals surface area contributed by atoms with Crippen LogP contribution in [-0.4, -0.2) is 55.8 Å². The number of aliphatic imine (C=N–C) groups is 1. The molecule has 0 aliphatic carbocycles. The number of carbonyl (C=O) groups is 1. The molecule has 4 rings (SSSR count). The summed E-state index contributed by atoms with van der Waals surface area (Å²) in [5.74, 6) is 0.742. The number of ether oxygens (including phenoxy) is 1. The zero-order valence-electron chi connectivity index (χ0n) is 16.5. The van der Waals surface area contributed by atoms with Crippen LogP contribution in [0, 0.1) is 0 Å². The average Bonchev–Trinajstić information content (AvgIpc) is 3.18. The van der Waals surface area contributed by atoms with Gasteiger partial charge in [0.15, 0.2) is 11.5 Å². The van der Waals surface area contributed by atoms with Gasteiger partial charge in [-0.1, -0.05) is 30.3 Å². The largest absolute Gasteiger partial charge is 0.488 e. The molecular weight excluding hydrogens is 401 g/mol. The van der Waals surface area contributed by atoms with E-state index in [1.54, 1.807) is 42.6 Å². The van der Waals surface area contributed by atoms with Crippen LogP contribution in [0.15, 0.2) is 65.6 Å². The molecule has 2 aromatic rings. The zero-order valence-corrected chi connectivity index (χ0v) is 16.5. The van der Waals surface area contributed by atoms with Gasteiger partial charge in [-0.2, -0.15) is 9.98 Å². The Morgan fingerprint density at radius 3 is 2.87 bits per heavy atom. The normalized spacial score (nSPS) is 18.8. The van der Waals surface area contributed by atoms with Crippen molar-refractivity contribution in [3.8, 4) is 5.88 Å². The number of quaternary nitrogens is 1. The Kier molecular flexibility index (Phi) is 5.34. The van der Waals surface area contributed by atoms with E-state index in [9.17, 15) is 14.8 Å². The zero-order chi connectivity index (χ0) is 22.0. The predicted octanol–water partition coefficient (Wildman–Crippen LogP) is -0.247. The summed E-state index contributed by atoms with van der Waals surface area (Å²) in [5.41, 5.74) is 7.42. The van der Waals surface area contributed by atoms with Crippen molar-refractivity contribution in [2.75, 3.05) is 12.4 Å². The number of anilines is 1. The Morgan fingerprint density at radius 2 is 2.13 bits per heavy atom. The molecule has 12 heteroatoms. The number of amidine groups is 1. The monoisotopic (exact) mass is 420 g/mol. The van der Waals surface area contributed by atoms with Crippen LogP contribution in [0.1, 0.15) is 11.4 Å². The number of methoxy groups -OCH3 is 1. The van der Waals surface area contributed by atoms with E-state index >= 15 is 0 Å². The first-order valence-corrected chi connectivity index (χ1v) is 9.27. The lowest BCUT2D eigenvalue weighted by Gasteiger charge is -2.27. The minimum Gasteiger partial charge on any atom is -0.477 e. The molecule has 1 unspecified atom stereocenters. The Hall–Kier alpha value is -3.87. The van der Waals surface area contributed by atoms with Crippen molar-refractivity contribution in [3.05, 3.63) is 72.0 Å². The maximum atomic E-state index is 12.4. The van der Waals surface area contributed by atoms with Crippen molar-refractivity contribution in [1.29, 1.82) is 0 Å². The van der Waals surface area contributed by atoms with Gasteiger partial charge in [0.2, 0.25) is 0 Å². The van der Waals surface area contributed by atoms with E-state index in [0.29, 0.717) is 17.7 Å². The van der Waals surface area contributed by atoms with E-state index in [1.165, 1.54) is 13.3 Å². The van der Waals surface area contributed by atoms with Crippen LogP contribution in [0.2, 0.25) is 0 Å². The maximum absolute atomic E-state index is 12.4. The van der Waals surface area contributed by atoms with Gasteiger partial charge >= 0.3 is 13.1 Å². The number of hydrogen-bond donors (Lipinski definition) is 4. The number of fused-ring (bicyclic) bond motifs is 1. The number of rotatable bonds is 6. The quantitative estimate of drug-likeness (QED) is 0.368. The van der Waals surface area contributed by atoms with E-state index in [0.717, 1.165) is 5.56 Å². The summed E-state index contributed by atoms with van der Waals surface area (Å²) in [6.45, 7) is 0.295. The highest BCUT2D eigenvalue weighted by Crippen LogP contribution is 2.32. The number of hydrogen-bond acceptors (Lipinski definition) is 9. The number of allylic oxidation sites excluding steroid dienone is 3. The number of carbonyl (C=O) groups excluding carboxylic acids is 1. The highest BCUT2D eigenvalue weighted by atomic mass is 16.5. The van der Waals surface area contributed by atoms with Crippen LogP contribution in [0.25, 0.3) is 0 Å². The Bertz CT molecular complexity index is 1160. The smallest absolute Gasteiger partial charge is 0.477 e. The number of nitrogens with zero attached hydrogens (tertiary/aromatic N) is 5. The van der Waals surface area contributed by atoms with Gasteiger partial charge in [-0.25, -0.2) is 4.79 Å². The van der Waals surface area contributed by atoms with Gasteiger partial charge in [-0.15, -0.1) is 14.7 Å². The first-order valence-electron chi connectivity index (χ1n) is 9.27. The lowest BCUT2D eigenvalue weighted by Crippen LogP contribution is -2.54. The number of aromatic nitrogens is 3. The second-order valence-corrected chi connectivity index (χ2v) is 6.73. The fourth-order valence-electron chi connectivity index (χ4n) is 3.32. The van der Waals surface area contributed by atoms with Crippen LogP contribution in [-0.2, 0) is 6.54 Å². The van der Waals surface area contributed by atoms with Gasteiger partial charge in [0, 0.05) is 12.6 Å². The van der Waals surface area contributed by atoms with Crippen LogP contribution >= 0.6 is 0 Å². The van der Waals surface area contributed by atoms with Crippen molar-refractivity contribution < 1.29 is 24.1 Å². The van der Waals surface area contributed by atoms with E-state index in [4.69, 9.17) is 10.5 Å². The molecule has 0 fully saturated rings. The highest BCUT2D eigenvalue weighted by molar-refractivity contribution is 6.58. The van der Waals surface area contributed by atoms with E-state index < -0.39 is 17.6 Å². The van der Waals surface area contributed by atoms with Gasteiger partial charge in [0.25, 0.3) is 17.5 Å². The van der Waals surface area contributed by atoms with E-state index in [2.05, 4.69) is 25.5 Å². The van der Waals surface area contributed by atoms with E-state index in [-0.39, 0.29) is 23.4 Å². The lowest BCUT2D eigenvalue weighted by molar-refractivity contribution is -0.647. The number of benzene rings is 1. The molecule has 2 aliphatic rings. The molecule has 11 nitrogen and oxygen atoms in total. The van der Waals surface area contributed by atoms with Gasteiger partial charge in [0.1, 0.15) is 6.20 Å². The number of nitrogens with one attached hydrogen (secondary N) is 1. The number of nitrogens with two attached hydrogens (primary N) is 1. The fraction of sp³-hybridized carbons (Fsp3) is 0.105. The first kappa shape index (κ1) is 20.4. The fourth-order valence-corrected chi connectivity index (χ4v) is 3.32. The standard InChI is InChI=1S/C19H18BN7O4/c1-31-18-16(22-10-12-5-4-6-13(9-12)20(29)30)24-15(25-26-18)17-23-11-14-7-2-3-8-27(14,17)19(21)28/h2-9,11,29-30H,10H2,1H3,(H2-,21,22,24,25,28)/p+1. The molecule has 3 heterocycles. The van der Waals surface area contributed by atoms with Crippen molar-refractivity contribution >= 4 is 30.3 Å². The van der Waals surface area contributed by atoms with Gasteiger partial charge in [-0.05, 0) is 17.1 Å². The first-order chi connectivity index (χ1) is 15.0. The SMILES string of the molecule is COc1nnc(C2=NC=C3C=CC=C[N+]32C(N)=O)nc1NCc1cccc(B(O)O)c1.